The minimum Gasteiger partial charge on any atom is -0.342 e. The minimum absolute atomic E-state index is 1.00. The fraction of sp³-hybridized carbons (Fsp3) is 0.375. The number of fused-ring (bicyclic) bond motifs is 2. The first-order valence-electron chi connectivity index (χ1n) is 6.93. The Morgan fingerprint density at radius 1 is 1.00 bits per heavy atom. The van der Waals surface area contributed by atoms with Gasteiger partial charge in [-0.25, -0.2) is 0 Å². The summed E-state index contributed by atoms with van der Waals surface area (Å²) in [5.74, 6) is 0. The summed E-state index contributed by atoms with van der Waals surface area (Å²) in [7, 11) is 0. The molecule has 2 heterocycles. The number of rotatable bonds is 1. The summed E-state index contributed by atoms with van der Waals surface area (Å²) in [6.45, 7) is 3.18. The van der Waals surface area contributed by atoms with E-state index in [0.29, 0.717) is 0 Å². The van der Waals surface area contributed by atoms with E-state index in [0.717, 1.165) is 19.6 Å². The van der Waals surface area contributed by atoms with Crippen LogP contribution in [0.25, 0.3) is 11.3 Å². The van der Waals surface area contributed by atoms with Gasteiger partial charge < -0.3 is 9.88 Å². The number of benzene rings is 1. The molecule has 2 aliphatic rings. The molecule has 2 nitrogen and oxygen atoms in total. The van der Waals surface area contributed by atoms with Crippen molar-refractivity contribution in [2.24, 2.45) is 0 Å². The summed E-state index contributed by atoms with van der Waals surface area (Å²) in [6, 6.07) is 11.6. The Morgan fingerprint density at radius 3 is 2.94 bits per heavy atom. The lowest BCUT2D eigenvalue weighted by Gasteiger charge is -2.19. The van der Waals surface area contributed by atoms with E-state index in [1.165, 1.54) is 36.2 Å². The molecule has 1 aliphatic carbocycles. The zero-order valence-corrected chi connectivity index (χ0v) is 10.6. The van der Waals surface area contributed by atoms with Crippen LogP contribution in [0.4, 0.5) is 0 Å². The highest BCUT2D eigenvalue weighted by atomic mass is 15.1. The molecule has 0 saturated heterocycles. The van der Waals surface area contributed by atoms with Crippen molar-refractivity contribution in [3.05, 3.63) is 47.2 Å². The quantitative estimate of drug-likeness (QED) is 0.808. The van der Waals surface area contributed by atoms with Crippen LogP contribution in [0.15, 0.2) is 30.3 Å². The first-order valence-corrected chi connectivity index (χ1v) is 6.93. The molecule has 0 atom stereocenters. The van der Waals surface area contributed by atoms with Crippen LogP contribution in [0.5, 0.6) is 0 Å². The van der Waals surface area contributed by atoms with E-state index in [9.17, 15) is 0 Å². The summed E-state index contributed by atoms with van der Waals surface area (Å²) in [5.41, 5.74) is 7.32. The van der Waals surface area contributed by atoms with Gasteiger partial charge in [-0.3, -0.25) is 0 Å². The van der Waals surface area contributed by atoms with Crippen molar-refractivity contribution in [3.63, 3.8) is 0 Å². The number of aryl methyl sites for hydroxylation is 2. The third-order valence-corrected chi connectivity index (χ3v) is 4.28. The van der Waals surface area contributed by atoms with Gasteiger partial charge in [0.05, 0.1) is 0 Å². The maximum Gasteiger partial charge on any atom is 0.0483 e. The molecule has 92 valence electrons. The lowest BCUT2D eigenvalue weighted by Crippen LogP contribution is -2.27. The number of hydrogen-bond acceptors (Lipinski definition) is 1. The number of aromatic nitrogens is 1. The van der Waals surface area contributed by atoms with Crippen LogP contribution in [0.1, 0.15) is 23.2 Å². The number of hydrogen-bond donors (Lipinski definition) is 1. The molecule has 4 rings (SSSR count). The molecular weight excluding hydrogens is 220 g/mol. The SMILES string of the molecule is c1cc2c(cc1-c1ccc3n1CCNC3)CCC2. The standard InChI is InChI=1S/C16H18N2/c1-2-12-4-5-14(10-13(12)3-1)16-7-6-15-11-17-8-9-18(15)16/h4-7,10,17H,1-3,8-9,11H2. The van der Waals surface area contributed by atoms with Crippen molar-refractivity contribution >= 4 is 0 Å². The lowest BCUT2D eigenvalue weighted by molar-refractivity contribution is 0.520. The van der Waals surface area contributed by atoms with E-state index in [1.54, 1.807) is 11.1 Å². The molecule has 0 unspecified atom stereocenters. The van der Waals surface area contributed by atoms with Crippen LogP contribution in [0.3, 0.4) is 0 Å². The van der Waals surface area contributed by atoms with Gasteiger partial charge >= 0.3 is 0 Å². The Balaban J connectivity index is 1.81. The molecule has 0 saturated carbocycles. The largest absolute Gasteiger partial charge is 0.342 e. The highest BCUT2D eigenvalue weighted by Crippen LogP contribution is 2.29. The second kappa shape index (κ2) is 3.99. The molecule has 1 aromatic heterocycles. The van der Waals surface area contributed by atoms with Crippen molar-refractivity contribution in [1.29, 1.82) is 0 Å². The van der Waals surface area contributed by atoms with E-state index in [-0.39, 0.29) is 0 Å². The van der Waals surface area contributed by atoms with E-state index in [2.05, 4.69) is 40.2 Å². The van der Waals surface area contributed by atoms with E-state index in [4.69, 9.17) is 0 Å². The summed E-state index contributed by atoms with van der Waals surface area (Å²) in [4.78, 5) is 0. The van der Waals surface area contributed by atoms with Gasteiger partial charge in [0.25, 0.3) is 0 Å². The van der Waals surface area contributed by atoms with Gasteiger partial charge in [0.15, 0.2) is 0 Å². The van der Waals surface area contributed by atoms with E-state index < -0.39 is 0 Å². The van der Waals surface area contributed by atoms with Crippen molar-refractivity contribution in [1.82, 2.24) is 9.88 Å². The zero-order chi connectivity index (χ0) is 11.9. The normalized spacial score (nSPS) is 17.6. The minimum atomic E-state index is 1.00. The monoisotopic (exact) mass is 238 g/mol. The second-order valence-electron chi connectivity index (χ2n) is 5.38. The third kappa shape index (κ3) is 1.52. The summed E-state index contributed by atoms with van der Waals surface area (Å²) >= 11 is 0. The van der Waals surface area contributed by atoms with Gasteiger partial charge in [0.1, 0.15) is 0 Å². The predicted molar refractivity (Wildman–Crippen MR) is 73.6 cm³/mol. The van der Waals surface area contributed by atoms with Crippen molar-refractivity contribution < 1.29 is 0 Å². The van der Waals surface area contributed by atoms with Crippen LogP contribution in [-0.2, 0) is 25.9 Å². The van der Waals surface area contributed by atoms with Crippen LogP contribution in [-0.4, -0.2) is 11.1 Å². The topological polar surface area (TPSA) is 17.0 Å². The fourth-order valence-electron chi connectivity index (χ4n) is 3.32. The molecule has 0 fully saturated rings. The third-order valence-electron chi connectivity index (χ3n) is 4.28. The molecule has 1 aromatic carbocycles. The average Bonchev–Trinajstić information content (AvgIpc) is 3.04. The van der Waals surface area contributed by atoms with Gasteiger partial charge in [0.2, 0.25) is 0 Å². The van der Waals surface area contributed by atoms with Crippen molar-refractivity contribution in [2.75, 3.05) is 6.54 Å². The Labute approximate surface area is 108 Å². The molecule has 0 amide bonds. The predicted octanol–water partition coefficient (Wildman–Crippen LogP) is 2.75. The Kier molecular flexibility index (Phi) is 2.30. The fourth-order valence-corrected chi connectivity index (χ4v) is 3.32. The Hall–Kier alpha value is -1.54. The van der Waals surface area contributed by atoms with Crippen LogP contribution < -0.4 is 5.32 Å². The molecule has 2 aromatic rings. The van der Waals surface area contributed by atoms with Crippen LogP contribution in [0, 0.1) is 0 Å². The molecule has 0 spiro atoms. The molecule has 2 heteroatoms. The first-order chi connectivity index (χ1) is 8.92. The summed E-state index contributed by atoms with van der Waals surface area (Å²) < 4.78 is 2.47. The first kappa shape index (κ1) is 10.4. The molecule has 1 N–H and O–H groups in total. The van der Waals surface area contributed by atoms with Crippen molar-refractivity contribution in [3.8, 4) is 11.3 Å². The Morgan fingerprint density at radius 2 is 1.94 bits per heavy atom. The summed E-state index contributed by atoms with van der Waals surface area (Å²) in [5, 5.41) is 3.43. The molecule has 0 radical (unpaired) electrons. The van der Waals surface area contributed by atoms with Crippen LogP contribution >= 0.6 is 0 Å². The highest BCUT2D eigenvalue weighted by Gasteiger charge is 2.16. The molecular formula is C16H18N2. The smallest absolute Gasteiger partial charge is 0.0483 e. The van der Waals surface area contributed by atoms with Crippen LogP contribution in [0.2, 0.25) is 0 Å². The number of nitrogens with one attached hydrogen (secondary N) is 1. The van der Waals surface area contributed by atoms with Gasteiger partial charge in [-0.2, -0.15) is 0 Å². The van der Waals surface area contributed by atoms with Gasteiger partial charge in [-0.05, 0) is 54.2 Å². The Bertz CT molecular complexity index is 595. The van der Waals surface area contributed by atoms with E-state index >= 15 is 0 Å². The lowest BCUT2D eigenvalue weighted by atomic mass is 10.0. The van der Waals surface area contributed by atoms with Crippen molar-refractivity contribution in [2.45, 2.75) is 32.4 Å². The maximum atomic E-state index is 3.43. The molecule has 0 bridgehead atoms. The van der Waals surface area contributed by atoms with Gasteiger partial charge in [-0.1, -0.05) is 12.1 Å². The van der Waals surface area contributed by atoms with Gasteiger partial charge in [-0.15, -0.1) is 0 Å². The van der Waals surface area contributed by atoms with E-state index in [1.807, 2.05) is 0 Å². The molecule has 18 heavy (non-hydrogen) atoms. The van der Waals surface area contributed by atoms with Gasteiger partial charge in [0, 0.05) is 31.0 Å². The highest BCUT2D eigenvalue weighted by molar-refractivity contribution is 5.63. The summed E-state index contributed by atoms with van der Waals surface area (Å²) in [6.07, 6.45) is 3.86. The average molecular weight is 238 g/mol. The second-order valence-corrected chi connectivity index (χ2v) is 5.38. The number of nitrogens with zero attached hydrogens (tertiary/aromatic N) is 1. The maximum absolute atomic E-state index is 3.43. The molecule has 1 aliphatic heterocycles. The zero-order valence-electron chi connectivity index (χ0n) is 10.6.